The number of piperidine rings is 1. The van der Waals surface area contributed by atoms with Crippen molar-refractivity contribution in [3.05, 3.63) is 88.0 Å². The van der Waals surface area contributed by atoms with E-state index in [1.807, 2.05) is 19.1 Å². The number of phenols is 1. The van der Waals surface area contributed by atoms with Crippen molar-refractivity contribution in [1.29, 1.82) is 0 Å². The average Bonchev–Trinajstić information content (AvgIpc) is 3.46. The Morgan fingerprint density at radius 3 is 2.65 bits per heavy atom. The number of hydrogen-bond donors (Lipinski definition) is 2. The van der Waals surface area contributed by atoms with Gasteiger partial charge in [0, 0.05) is 41.6 Å². The second-order valence-corrected chi connectivity index (χ2v) is 16.6. The van der Waals surface area contributed by atoms with E-state index in [2.05, 4.69) is 51.8 Å². The molecule has 52 heavy (non-hydrogen) atoms. The third-order valence-electron chi connectivity index (χ3n) is 13.3. The highest BCUT2D eigenvalue weighted by atomic mass is 16.6. The van der Waals surface area contributed by atoms with Crippen molar-refractivity contribution >= 4 is 11.9 Å². The third kappa shape index (κ3) is 6.19. The van der Waals surface area contributed by atoms with Gasteiger partial charge in [-0.05, 0) is 92.3 Å². The van der Waals surface area contributed by atoms with Crippen molar-refractivity contribution in [1.82, 2.24) is 0 Å². The van der Waals surface area contributed by atoms with E-state index in [-0.39, 0.29) is 47.6 Å². The van der Waals surface area contributed by atoms with Crippen molar-refractivity contribution in [3.63, 3.8) is 0 Å². The number of ether oxygens (including phenoxy) is 3. The molecule has 2 N–H and O–H groups in total. The van der Waals surface area contributed by atoms with Crippen molar-refractivity contribution in [2.75, 3.05) is 27.4 Å². The Hall–Kier alpha value is -3.88. The van der Waals surface area contributed by atoms with Crippen LogP contribution in [0, 0.1) is 17.8 Å². The third-order valence-corrected chi connectivity index (χ3v) is 13.3. The molecule has 2 aromatic rings. The number of carbonyl (C=O) groups is 2. The lowest BCUT2D eigenvalue weighted by atomic mass is 9.51. The minimum absolute atomic E-state index is 0.0922. The molecule has 2 aromatic carbocycles. The van der Waals surface area contributed by atoms with Gasteiger partial charge in [0.25, 0.3) is 0 Å². The molecule has 8 heteroatoms. The Labute approximate surface area is 308 Å². The molecule has 3 unspecified atom stereocenters. The number of aryl methyl sites for hydroxylation is 1. The van der Waals surface area contributed by atoms with E-state index in [0.717, 1.165) is 81.2 Å². The second kappa shape index (κ2) is 14.2. The van der Waals surface area contributed by atoms with E-state index >= 15 is 0 Å². The first-order valence-electron chi connectivity index (χ1n) is 19.3. The second-order valence-electron chi connectivity index (χ2n) is 16.6. The van der Waals surface area contributed by atoms with Gasteiger partial charge in [-0.3, -0.25) is 14.1 Å². The van der Waals surface area contributed by atoms with Crippen LogP contribution in [-0.4, -0.2) is 66.2 Å². The number of methoxy groups -OCH3 is 1. The largest absolute Gasteiger partial charge is 0.507 e. The van der Waals surface area contributed by atoms with Crippen LogP contribution in [0.4, 0.5) is 0 Å². The number of allylic oxidation sites excluding steroid dienone is 3. The summed E-state index contributed by atoms with van der Waals surface area (Å²) in [5.41, 5.74) is 7.47. The zero-order valence-electron chi connectivity index (χ0n) is 31.6. The molecule has 1 saturated heterocycles. The van der Waals surface area contributed by atoms with Crippen LogP contribution < -0.4 is 9.47 Å². The first kappa shape index (κ1) is 36.5. The van der Waals surface area contributed by atoms with Gasteiger partial charge in [-0.25, -0.2) is 0 Å². The Morgan fingerprint density at radius 1 is 1.10 bits per heavy atom. The number of nitrogens with zero attached hydrogens (tertiary/aromatic N) is 1. The van der Waals surface area contributed by atoms with Crippen LogP contribution in [0.15, 0.2) is 60.2 Å². The molecular formula is C44H56NO7+. The summed E-state index contributed by atoms with van der Waals surface area (Å²) in [5, 5.41) is 22.6. The highest BCUT2D eigenvalue weighted by Crippen LogP contribution is 2.63. The van der Waals surface area contributed by atoms with E-state index < -0.39 is 24.5 Å². The first-order chi connectivity index (χ1) is 24.9. The predicted octanol–water partition coefficient (Wildman–Crippen LogP) is 7.38. The van der Waals surface area contributed by atoms with E-state index in [4.69, 9.17) is 14.2 Å². The molecule has 0 aromatic heterocycles. The summed E-state index contributed by atoms with van der Waals surface area (Å²) in [6, 6.07) is 8.06. The normalized spacial score (nSPS) is 31.0. The maximum atomic E-state index is 13.5. The molecule has 1 aliphatic heterocycles. The molecule has 1 spiro atoms. The summed E-state index contributed by atoms with van der Waals surface area (Å²) in [5.74, 6) is 0.182. The van der Waals surface area contributed by atoms with Crippen LogP contribution in [-0.2, 0) is 39.0 Å². The van der Waals surface area contributed by atoms with Gasteiger partial charge in [-0.2, -0.15) is 0 Å². The summed E-state index contributed by atoms with van der Waals surface area (Å²) < 4.78 is 18.3. The van der Waals surface area contributed by atoms with Crippen molar-refractivity contribution < 1.29 is 38.5 Å². The summed E-state index contributed by atoms with van der Waals surface area (Å²) in [7, 11) is 3.87. The Balaban J connectivity index is 1.08. The molecule has 278 valence electrons. The number of likely N-dealkylation sites (N-methyl/N-ethyl adjacent to an activating group) is 1. The van der Waals surface area contributed by atoms with Gasteiger partial charge in [-0.1, -0.05) is 61.8 Å². The minimum Gasteiger partial charge on any atom is -0.507 e. The molecule has 7 rings (SSSR count). The molecule has 8 nitrogen and oxygen atoms in total. The van der Waals surface area contributed by atoms with E-state index in [1.54, 1.807) is 13.2 Å². The quantitative estimate of drug-likeness (QED) is 0.0592. The van der Waals surface area contributed by atoms with Crippen LogP contribution in [0.1, 0.15) is 99.5 Å². The summed E-state index contributed by atoms with van der Waals surface area (Å²) in [6.07, 6.45) is 13.5. The zero-order chi connectivity index (χ0) is 36.9. The molecule has 2 bridgehead atoms. The molecule has 5 aliphatic rings. The van der Waals surface area contributed by atoms with E-state index in [1.165, 1.54) is 22.3 Å². The number of rotatable bonds is 12. The molecular weight excluding hydrogens is 654 g/mol. The fourth-order valence-electron chi connectivity index (χ4n) is 10.7. The zero-order valence-corrected chi connectivity index (χ0v) is 31.6. The summed E-state index contributed by atoms with van der Waals surface area (Å²) in [4.78, 5) is 26.9. The number of quaternary nitrogens is 1. The maximum absolute atomic E-state index is 13.5. The smallest absolute Gasteiger partial charge is 0.322 e. The maximum Gasteiger partial charge on any atom is 0.322 e. The number of phenolic OH excluding ortho intramolecular Hbond substituents is 1. The molecule has 0 saturated carbocycles. The molecule has 8 atom stereocenters. The van der Waals surface area contributed by atoms with Gasteiger partial charge < -0.3 is 24.4 Å². The summed E-state index contributed by atoms with van der Waals surface area (Å²) in [6.45, 7) is 11.4. The van der Waals surface area contributed by atoms with Crippen molar-refractivity contribution in [2.45, 2.75) is 108 Å². The first-order valence-corrected chi connectivity index (χ1v) is 19.3. The van der Waals surface area contributed by atoms with Gasteiger partial charge in [0.1, 0.15) is 29.7 Å². The van der Waals surface area contributed by atoms with Crippen LogP contribution >= 0.6 is 0 Å². The molecule has 0 radical (unpaired) electrons. The van der Waals surface area contributed by atoms with E-state index in [0.29, 0.717) is 15.8 Å². The number of aliphatic hydroxyl groups excluding tert-OH is 1. The molecule has 1 heterocycles. The molecule has 4 aliphatic carbocycles. The number of aromatic hydroxyl groups is 1. The van der Waals surface area contributed by atoms with Gasteiger partial charge >= 0.3 is 11.9 Å². The van der Waals surface area contributed by atoms with E-state index in [9.17, 15) is 19.8 Å². The Bertz CT molecular complexity index is 1830. The number of unbranched alkanes of at least 4 members (excludes halogenated alkanes) is 2. The number of aliphatic hydroxyl groups is 1. The highest BCUT2D eigenvalue weighted by Gasteiger charge is 2.66. The molecule has 1 fully saturated rings. The Kier molecular flexibility index (Phi) is 9.94. The van der Waals surface area contributed by atoms with Crippen molar-refractivity contribution in [3.8, 4) is 17.2 Å². The number of hydrogen-bond acceptors (Lipinski definition) is 7. The van der Waals surface area contributed by atoms with Gasteiger partial charge in [-0.15, -0.1) is 0 Å². The number of carbonyl (C=O) groups excluding carboxylic acids is 2. The number of benzene rings is 2. The van der Waals surface area contributed by atoms with Gasteiger partial charge in [0.2, 0.25) is 6.73 Å². The fourth-order valence-corrected chi connectivity index (χ4v) is 10.7. The van der Waals surface area contributed by atoms with Crippen LogP contribution in [0.2, 0.25) is 0 Å². The minimum atomic E-state index is -0.703. The monoisotopic (exact) mass is 710 g/mol. The number of esters is 2. The molecule has 0 amide bonds. The van der Waals surface area contributed by atoms with Crippen molar-refractivity contribution in [2.24, 2.45) is 17.8 Å². The highest BCUT2D eigenvalue weighted by molar-refractivity contribution is 5.92. The predicted molar refractivity (Wildman–Crippen MR) is 200 cm³/mol. The SMILES string of the molecule is C=C(C)C1CCC(C)=CC1c1c(O)cc(CCCCC)cc1OC(=O)CC(=O)OC[N+]1(C)CC[C@]23c4c5ccc(OC)c4C[C@H]2[C@@H](O)C=C[C@H]3[C@H]1C5. The van der Waals surface area contributed by atoms with Gasteiger partial charge in [0.15, 0.2) is 0 Å². The van der Waals surface area contributed by atoms with Crippen LogP contribution in [0.3, 0.4) is 0 Å². The number of likely N-dealkylation sites (tertiary alicyclic amines) is 1. The average molecular weight is 711 g/mol. The lowest BCUT2D eigenvalue weighted by molar-refractivity contribution is -0.958. The van der Waals surface area contributed by atoms with Crippen LogP contribution in [0.5, 0.6) is 17.2 Å². The standard InChI is InChI=1S/C44H55NO7/c1-7-8-9-10-28-20-37(47)42(31-19-27(4)11-13-30(31)26(2)3)39(21-28)52-41(49)24-40(48)51-25-45(5)18-17-44-33-14-15-36(46)34(44)23-32-38(50-6)16-12-29(43(32)44)22-35(33)45/h12,14-16,19-21,30-31,33-36,46H,2,7-11,13,17-18,22-25H2,1,3-6H3/p+1/t30?,31?,33-,34-,35+,36-,44+,45?/m0/s1. The van der Waals surface area contributed by atoms with Gasteiger partial charge in [0.05, 0.1) is 26.8 Å². The van der Waals surface area contributed by atoms with Crippen LogP contribution in [0.25, 0.3) is 0 Å². The lowest BCUT2D eigenvalue weighted by Gasteiger charge is -2.60. The Morgan fingerprint density at radius 2 is 1.90 bits per heavy atom. The topological polar surface area (TPSA) is 102 Å². The fraction of sp³-hybridized carbons (Fsp3) is 0.545. The summed E-state index contributed by atoms with van der Waals surface area (Å²) >= 11 is 0. The lowest BCUT2D eigenvalue weighted by Crippen LogP contribution is -2.70.